The number of rotatable bonds is 7. The van der Waals surface area contributed by atoms with Gasteiger partial charge in [-0.15, -0.1) is 0 Å². The minimum absolute atomic E-state index is 0.292. The van der Waals surface area contributed by atoms with Crippen molar-refractivity contribution in [3.63, 3.8) is 0 Å². The van der Waals surface area contributed by atoms with Crippen LogP contribution in [0.3, 0.4) is 0 Å². The average molecular weight is 158 g/mol. The Labute approximate surface area is 68.9 Å². The topological polar surface area (TPSA) is 29.5 Å². The smallest absolute Gasteiger partial charge is 0.0671 e. The summed E-state index contributed by atoms with van der Waals surface area (Å²) >= 11 is 0. The van der Waals surface area contributed by atoms with E-state index in [0.29, 0.717) is 13.2 Å². The van der Waals surface area contributed by atoms with E-state index in [1.807, 2.05) is 6.92 Å². The van der Waals surface area contributed by atoms with Crippen LogP contribution in [-0.2, 0) is 4.74 Å². The summed E-state index contributed by atoms with van der Waals surface area (Å²) in [6, 6.07) is 0. The summed E-state index contributed by atoms with van der Waals surface area (Å²) in [7, 11) is 0. The molecule has 0 bridgehead atoms. The molecule has 0 aromatic rings. The quantitative estimate of drug-likeness (QED) is 0.452. The fourth-order valence-electron chi connectivity index (χ4n) is 0.739. The fraction of sp³-hybridized carbons (Fsp3) is 0.778. The predicted molar refractivity (Wildman–Crippen MR) is 46.6 cm³/mol. The van der Waals surface area contributed by atoms with Crippen LogP contribution in [0.4, 0.5) is 0 Å². The molecule has 0 radical (unpaired) electrons. The summed E-state index contributed by atoms with van der Waals surface area (Å²) in [6.45, 7) is 7.42. The molecule has 0 fully saturated rings. The number of aliphatic hydroxyl groups is 1. The van der Waals surface area contributed by atoms with E-state index >= 15 is 0 Å². The molecule has 0 aliphatic carbocycles. The van der Waals surface area contributed by atoms with Crippen molar-refractivity contribution >= 4 is 0 Å². The van der Waals surface area contributed by atoms with Crippen molar-refractivity contribution < 1.29 is 9.84 Å². The van der Waals surface area contributed by atoms with E-state index in [2.05, 4.69) is 6.58 Å². The van der Waals surface area contributed by atoms with E-state index in [0.717, 1.165) is 31.4 Å². The van der Waals surface area contributed by atoms with Crippen molar-refractivity contribution in [1.82, 2.24) is 0 Å². The minimum Gasteiger partial charge on any atom is -0.396 e. The molecule has 0 aliphatic rings. The van der Waals surface area contributed by atoms with Gasteiger partial charge in [0.2, 0.25) is 0 Å². The first kappa shape index (κ1) is 10.7. The Hall–Kier alpha value is -0.340. The molecule has 2 heteroatoms. The number of hydrogen-bond donors (Lipinski definition) is 1. The van der Waals surface area contributed by atoms with Crippen molar-refractivity contribution in [2.45, 2.75) is 26.2 Å². The minimum atomic E-state index is 0.292. The van der Waals surface area contributed by atoms with Crippen LogP contribution in [-0.4, -0.2) is 24.9 Å². The maximum atomic E-state index is 8.46. The van der Waals surface area contributed by atoms with Gasteiger partial charge in [0.15, 0.2) is 0 Å². The summed E-state index contributed by atoms with van der Waals surface area (Å²) in [6.07, 6.45) is 2.97. The first-order valence-electron chi connectivity index (χ1n) is 4.10. The van der Waals surface area contributed by atoms with Crippen LogP contribution in [0.25, 0.3) is 0 Å². The molecule has 0 spiro atoms. The Kier molecular flexibility index (Phi) is 7.52. The van der Waals surface area contributed by atoms with E-state index in [1.54, 1.807) is 0 Å². The highest BCUT2D eigenvalue weighted by atomic mass is 16.5. The van der Waals surface area contributed by atoms with Gasteiger partial charge < -0.3 is 9.84 Å². The lowest BCUT2D eigenvalue weighted by Crippen LogP contribution is -1.97. The Morgan fingerprint density at radius 2 is 2.09 bits per heavy atom. The molecule has 0 aliphatic heterocycles. The highest BCUT2D eigenvalue weighted by Gasteiger charge is 1.89. The lowest BCUT2D eigenvalue weighted by atomic mass is 10.2. The Balaban J connectivity index is 2.85. The second kappa shape index (κ2) is 7.76. The zero-order chi connectivity index (χ0) is 8.53. The predicted octanol–water partition coefficient (Wildman–Crippen LogP) is 1.74. The summed E-state index contributed by atoms with van der Waals surface area (Å²) in [5, 5.41) is 8.46. The summed E-state index contributed by atoms with van der Waals surface area (Å²) in [5.41, 5.74) is 1.06. The van der Waals surface area contributed by atoms with E-state index in [4.69, 9.17) is 9.84 Å². The molecule has 1 N–H and O–H groups in total. The highest BCUT2D eigenvalue weighted by molar-refractivity contribution is 4.87. The van der Waals surface area contributed by atoms with Gasteiger partial charge in [0.25, 0.3) is 0 Å². The van der Waals surface area contributed by atoms with Crippen LogP contribution in [0.1, 0.15) is 26.2 Å². The van der Waals surface area contributed by atoms with Crippen molar-refractivity contribution in [2.75, 3.05) is 19.8 Å². The third kappa shape index (κ3) is 9.66. The van der Waals surface area contributed by atoms with Crippen LogP contribution in [0.5, 0.6) is 0 Å². The maximum absolute atomic E-state index is 8.46. The maximum Gasteiger partial charge on any atom is 0.0671 e. The van der Waals surface area contributed by atoms with Crippen LogP contribution in [0.2, 0.25) is 0 Å². The molecule has 11 heavy (non-hydrogen) atoms. The SMILES string of the molecule is C=C(C)COCCCCCO. The second-order valence-corrected chi connectivity index (χ2v) is 2.79. The van der Waals surface area contributed by atoms with E-state index < -0.39 is 0 Å². The average Bonchev–Trinajstić information content (AvgIpc) is 1.96. The van der Waals surface area contributed by atoms with Crippen LogP contribution < -0.4 is 0 Å². The van der Waals surface area contributed by atoms with Crippen molar-refractivity contribution in [2.24, 2.45) is 0 Å². The zero-order valence-corrected chi connectivity index (χ0v) is 7.31. The lowest BCUT2D eigenvalue weighted by molar-refractivity contribution is 0.149. The van der Waals surface area contributed by atoms with Crippen molar-refractivity contribution in [3.8, 4) is 0 Å². The Morgan fingerprint density at radius 3 is 2.64 bits per heavy atom. The molecule has 0 aromatic heterocycles. The first-order valence-corrected chi connectivity index (χ1v) is 4.10. The van der Waals surface area contributed by atoms with Gasteiger partial charge in [-0.2, -0.15) is 0 Å². The van der Waals surface area contributed by atoms with Gasteiger partial charge in [-0.3, -0.25) is 0 Å². The van der Waals surface area contributed by atoms with Gasteiger partial charge in [0, 0.05) is 13.2 Å². The van der Waals surface area contributed by atoms with Crippen molar-refractivity contribution in [1.29, 1.82) is 0 Å². The molecule has 2 nitrogen and oxygen atoms in total. The van der Waals surface area contributed by atoms with E-state index in [-0.39, 0.29) is 0 Å². The van der Waals surface area contributed by atoms with Gasteiger partial charge in [-0.25, -0.2) is 0 Å². The van der Waals surface area contributed by atoms with Gasteiger partial charge >= 0.3 is 0 Å². The summed E-state index contributed by atoms with van der Waals surface area (Å²) < 4.78 is 5.26. The third-order valence-corrected chi connectivity index (χ3v) is 1.30. The van der Waals surface area contributed by atoms with Crippen LogP contribution in [0.15, 0.2) is 12.2 Å². The standard InChI is InChI=1S/C9H18O2/c1-9(2)8-11-7-5-3-4-6-10/h10H,1,3-8H2,2H3. The number of aliphatic hydroxyl groups excluding tert-OH is 1. The van der Waals surface area contributed by atoms with Crippen LogP contribution >= 0.6 is 0 Å². The molecule has 0 heterocycles. The molecule has 0 saturated heterocycles. The molecule has 0 atom stereocenters. The molecule has 0 amide bonds. The van der Waals surface area contributed by atoms with E-state index in [1.165, 1.54) is 0 Å². The Bertz CT molecular complexity index is 99.7. The molecule has 0 rings (SSSR count). The van der Waals surface area contributed by atoms with Gasteiger partial charge in [0.05, 0.1) is 6.61 Å². The van der Waals surface area contributed by atoms with Crippen LogP contribution in [0, 0.1) is 0 Å². The third-order valence-electron chi connectivity index (χ3n) is 1.30. The summed E-state index contributed by atoms with van der Waals surface area (Å²) in [4.78, 5) is 0. The molecular weight excluding hydrogens is 140 g/mol. The van der Waals surface area contributed by atoms with Gasteiger partial charge in [0.1, 0.15) is 0 Å². The number of unbranched alkanes of at least 4 members (excludes halogenated alkanes) is 2. The zero-order valence-electron chi connectivity index (χ0n) is 7.31. The van der Waals surface area contributed by atoms with Gasteiger partial charge in [-0.1, -0.05) is 12.2 Å². The van der Waals surface area contributed by atoms with Crippen molar-refractivity contribution in [3.05, 3.63) is 12.2 Å². The number of ether oxygens (including phenoxy) is 1. The van der Waals surface area contributed by atoms with Gasteiger partial charge in [-0.05, 0) is 26.2 Å². The molecule has 0 aromatic carbocycles. The highest BCUT2D eigenvalue weighted by Crippen LogP contribution is 1.96. The molecule has 0 saturated carbocycles. The molecule has 0 unspecified atom stereocenters. The number of hydrogen-bond acceptors (Lipinski definition) is 2. The largest absolute Gasteiger partial charge is 0.396 e. The molecular formula is C9H18O2. The monoisotopic (exact) mass is 158 g/mol. The summed E-state index contributed by atoms with van der Waals surface area (Å²) in [5.74, 6) is 0. The lowest BCUT2D eigenvalue weighted by Gasteiger charge is -2.02. The van der Waals surface area contributed by atoms with E-state index in [9.17, 15) is 0 Å². The fourth-order valence-corrected chi connectivity index (χ4v) is 0.739. The normalized spacial score (nSPS) is 10.0. The second-order valence-electron chi connectivity index (χ2n) is 2.79. The first-order chi connectivity index (χ1) is 5.27. The molecule has 66 valence electrons. The Morgan fingerprint density at radius 1 is 1.36 bits per heavy atom.